The van der Waals surface area contributed by atoms with Crippen LogP contribution in [0.15, 0.2) is 18.2 Å². The molecule has 0 radical (unpaired) electrons. The van der Waals surface area contributed by atoms with Crippen LogP contribution in [0.1, 0.15) is 54.4 Å². The lowest BCUT2D eigenvalue weighted by atomic mass is 9.95. The molecule has 2 aliphatic rings. The number of carbonyl (C=O) groups excluding carboxylic acids is 1. The Labute approximate surface area is 120 Å². The lowest BCUT2D eigenvalue weighted by Crippen LogP contribution is -2.39. The Kier molecular flexibility index (Phi) is 3.77. The minimum Gasteiger partial charge on any atom is -0.335 e. The van der Waals surface area contributed by atoms with Gasteiger partial charge in [0.15, 0.2) is 0 Å². The molecule has 0 N–H and O–H groups in total. The molecular formula is C17H22FNO. The van der Waals surface area contributed by atoms with Gasteiger partial charge in [0.2, 0.25) is 0 Å². The SMILES string of the molecule is Cc1cc(F)ccc1C(=O)N1CCCC1C1CCCC1. The van der Waals surface area contributed by atoms with Crippen molar-refractivity contribution in [2.45, 2.75) is 51.5 Å². The number of hydrogen-bond donors (Lipinski definition) is 0. The van der Waals surface area contributed by atoms with Gasteiger partial charge in [-0.2, -0.15) is 0 Å². The van der Waals surface area contributed by atoms with Crippen LogP contribution in [-0.4, -0.2) is 23.4 Å². The predicted octanol–water partition coefficient (Wildman–Crippen LogP) is 3.93. The van der Waals surface area contributed by atoms with Crippen LogP contribution in [-0.2, 0) is 0 Å². The van der Waals surface area contributed by atoms with Crippen molar-refractivity contribution in [3.63, 3.8) is 0 Å². The highest BCUT2D eigenvalue weighted by Crippen LogP contribution is 2.36. The Bertz CT molecular complexity index is 508. The van der Waals surface area contributed by atoms with Gasteiger partial charge in [0.25, 0.3) is 5.91 Å². The van der Waals surface area contributed by atoms with Gasteiger partial charge in [-0.1, -0.05) is 12.8 Å². The summed E-state index contributed by atoms with van der Waals surface area (Å²) < 4.78 is 13.2. The highest BCUT2D eigenvalue weighted by Gasteiger charge is 2.36. The molecule has 2 nitrogen and oxygen atoms in total. The number of aryl methyl sites for hydroxylation is 1. The van der Waals surface area contributed by atoms with E-state index in [2.05, 4.69) is 4.90 Å². The molecule has 0 aromatic heterocycles. The van der Waals surface area contributed by atoms with E-state index >= 15 is 0 Å². The van der Waals surface area contributed by atoms with E-state index < -0.39 is 0 Å². The maximum atomic E-state index is 13.2. The number of carbonyl (C=O) groups is 1. The minimum absolute atomic E-state index is 0.0944. The zero-order valence-electron chi connectivity index (χ0n) is 12.1. The summed E-state index contributed by atoms with van der Waals surface area (Å²) >= 11 is 0. The van der Waals surface area contributed by atoms with Crippen LogP contribution in [0.2, 0.25) is 0 Å². The summed E-state index contributed by atoms with van der Waals surface area (Å²) in [5.41, 5.74) is 1.41. The third kappa shape index (κ3) is 2.46. The van der Waals surface area contributed by atoms with Crippen LogP contribution in [0.4, 0.5) is 4.39 Å². The topological polar surface area (TPSA) is 20.3 Å². The van der Waals surface area contributed by atoms with E-state index in [0.29, 0.717) is 17.5 Å². The number of likely N-dealkylation sites (tertiary alicyclic amines) is 1. The highest BCUT2D eigenvalue weighted by molar-refractivity contribution is 5.96. The van der Waals surface area contributed by atoms with E-state index in [4.69, 9.17) is 0 Å². The number of nitrogens with zero attached hydrogens (tertiary/aromatic N) is 1. The van der Waals surface area contributed by atoms with E-state index in [1.165, 1.54) is 37.8 Å². The molecule has 1 saturated carbocycles. The first-order chi connectivity index (χ1) is 9.66. The Morgan fingerprint density at radius 2 is 1.95 bits per heavy atom. The van der Waals surface area contributed by atoms with Gasteiger partial charge >= 0.3 is 0 Å². The molecule has 1 atom stereocenters. The van der Waals surface area contributed by atoms with Crippen molar-refractivity contribution in [1.82, 2.24) is 4.90 Å². The van der Waals surface area contributed by atoms with E-state index in [1.807, 2.05) is 6.92 Å². The van der Waals surface area contributed by atoms with Gasteiger partial charge < -0.3 is 4.90 Å². The number of hydrogen-bond acceptors (Lipinski definition) is 1. The van der Waals surface area contributed by atoms with Crippen LogP contribution < -0.4 is 0 Å². The molecule has 20 heavy (non-hydrogen) atoms. The molecule has 108 valence electrons. The van der Waals surface area contributed by atoms with Gasteiger partial charge in [-0.15, -0.1) is 0 Å². The highest BCUT2D eigenvalue weighted by atomic mass is 19.1. The second-order valence-corrected chi connectivity index (χ2v) is 6.21. The Morgan fingerprint density at radius 3 is 2.65 bits per heavy atom. The van der Waals surface area contributed by atoms with Gasteiger partial charge in [0, 0.05) is 18.2 Å². The van der Waals surface area contributed by atoms with Crippen LogP contribution >= 0.6 is 0 Å². The first kappa shape index (κ1) is 13.6. The van der Waals surface area contributed by atoms with Crippen molar-refractivity contribution in [3.8, 4) is 0 Å². The maximum absolute atomic E-state index is 13.2. The molecule has 2 fully saturated rings. The predicted molar refractivity (Wildman–Crippen MR) is 77.2 cm³/mol. The second kappa shape index (κ2) is 5.55. The van der Waals surface area contributed by atoms with Gasteiger partial charge in [0.1, 0.15) is 5.82 Å². The van der Waals surface area contributed by atoms with Crippen LogP contribution in [0.25, 0.3) is 0 Å². The molecule has 1 aliphatic heterocycles. The lowest BCUT2D eigenvalue weighted by Gasteiger charge is -2.30. The number of halogens is 1. The fraction of sp³-hybridized carbons (Fsp3) is 0.588. The maximum Gasteiger partial charge on any atom is 0.254 e. The third-order valence-corrected chi connectivity index (χ3v) is 4.92. The summed E-state index contributed by atoms with van der Waals surface area (Å²) in [5.74, 6) is 0.506. The first-order valence-corrected chi connectivity index (χ1v) is 7.74. The Morgan fingerprint density at radius 1 is 1.20 bits per heavy atom. The molecule has 1 aromatic rings. The van der Waals surface area contributed by atoms with Crippen molar-refractivity contribution < 1.29 is 9.18 Å². The fourth-order valence-electron chi connectivity index (χ4n) is 3.90. The molecule has 1 aromatic carbocycles. The zero-order chi connectivity index (χ0) is 14.1. The summed E-state index contributed by atoms with van der Waals surface area (Å²) in [7, 11) is 0. The first-order valence-electron chi connectivity index (χ1n) is 7.74. The van der Waals surface area contributed by atoms with E-state index in [9.17, 15) is 9.18 Å². The molecule has 1 heterocycles. The molecule has 1 unspecified atom stereocenters. The molecule has 0 spiro atoms. The average Bonchev–Trinajstić information content (AvgIpc) is 3.09. The van der Waals surface area contributed by atoms with Crippen molar-refractivity contribution in [1.29, 1.82) is 0 Å². The Balaban J connectivity index is 1.81. The quantitative estimate of drug-likeness (QED) is 0.801. The van der Waals surface area contributed by atoms with Crippen LogP contribution in [0.3, 0.4) is 0 Å². The number of amides is 1. The average molecular weight is 275 g/mol. The molecule has 1 amide bonds. The summed E-state index contributed by atoms with van der Waals surface area (Å²) in [4.78, 5) is 14.8. The summed E-state index contributed by atoms with van der Waals surface area (Å²) in [6.07, 6.45) is 7.37. The third-order valence-electron chi connectivity index (χ3n) is 4.92. The molecule has 3 rings (SSSR count). The number of rotatable bonds is 2. The second-order valence-electron chi connectivity index (χ2n) is 6.21. The van der Waals surface area contributed by atoms with E-state index in [-0.39, 0.29) is 11.7 Å². The van der Waals surface area contributed by atoms with Gasteiger partial charge in [-0.25, -0.2) is 4.39 Å². The molecule has 3 heteroatoms. The minimum atomic E-state index is -0.271. The molecule has 0 bridgehead atoms. The van der Waals surface area contributed by atoms with Crippen molar-refractivity contribution in [2.75, 3.05) is 6.54 Å². The smallest absolute Gasteiger partial charge is 0.254 e. The van der Waals surface area contributed by atoms with Crippen molar-refractivity contribution in [2.24, 2.45) is 5.92 Å². The summed E-state index contributed by atoms with van der Waals surface area (Å²) in [5, 5.41) is 0. The monoisotopic (exact) mass is 275 g/mol. The summed E-state index contributed by atoms with van der Waals surface area (Å²) in [6, 6.07) is 4.89. The Hall–Kier alpha value is -1.38. The standard InChI is InChI=1S/C17H22FNO/c1-12-11-14(18)8-9-15(12)17(20)19-10-4-7-16(19)13-5-2-3-6-13/h8-9,11,13,16H,2-7,10H2,1H3. The fourth-order valence-corrected chi connectivity index (χ4v) is 3.90. The molecular weight excluding hydrogens is 253 g/mol. The molecule has 1 aliphatic carbocycles. The van der Waals surface area contributed by atoms with Crippen molar-refractivity contribution >= 4 is 5.91 Å². The van der Waals surface area contributed by atoms with E-state index in [1.54, 1.807) is 6.07 Å². The van der Waals surface area contributed by atoms with Gasteiger partial charge in [-0.3, -0.25) is 4.79 Å². The van der Waals surface area contributed by atoms with Crippen LogP contribution in [0.5, 0.6) is 0 Å². The van der Waals surface area contributed by atoms with Gasteiger partial charge in [0.05, 0.1) is 0 Å². The summed E-state index contributed by atoms with van der Waals surface area (Å²) in [6.45, 7) is 2.67. The van der Waals surface area contributed by atoms with Crippen LogP contribution in [0, 0.1) is 18.7 Å². The number of benzene rings is 1. The largest absolute Gasteiger partial charge is 0.335 e. The zero-order valence-corrected chi connectivity index (χ0v) is 12.1. The normalized spacial score (nSPS) is 23.5. The van der Waals surface area contributed by atoms with Crippen molar-refractivity contribution in [3.05, 3.63) is 35.1 Å². The molecule has 1 saturated heterocycles. The van der Waals surface area contributed by atoms with E-state index in [0.717, 1.165) is 24.9 Å². The van der Waals surface area contributed by atoms with Gasteiger partial charge in [-0.05, 0) is 62.3 Å². The lowest BCUT2D eigenvalue weighted by molar-refractivity contribution is 0.0688.